The van der Waals surface area contributed by atoms with Crippen LogP contribution in [0.5, 0.6) is 5.75 Å². The predicted octanol–water partition coefficient (Wildman–Crippen LogP) is 4.33. The van der Waals surface area contributed by atoms with E-state index in [1.807, 2.05) is 65.6 Å². The number of benzene rings is 3. The van der Waals surface area contributed by atoms with Gasteiger partial charge in [-0.25, -0.2) is 0 Å². The molecule has 1 aliphatic rings. The van der Waals surface area contributed by atoms with Crippen LogP contribution in [0.4, 0.5) is 0 Å². The third kappa shape index (κ3) is 5.17. The van der Waals surface area contributed by atoms with Crippen LogP contribution in [0.15, 0.2) is 78.9 Å². The van der Waals surface area contributed by atoms with Gasteiger partial charge in [0, 0.05) is 18.2 Å². The number of amides is 2. The fourth-order valence-corrected chi connectivity index (χ4v) is 4.25. The number of carbonyl (C=O) groups is 2. The summed E-state index contributed by atoms with van der Waals surface area (Å²) in [4.78, 5) is 27.3. The molecule has 3 aromatic carbocycles. The zero-order valence-electron chi connectivity index (χ0n) is 18.3. The molecule has 0 saturated carbocycles. The molecule has 5 heteroatoms. The number of nitrogens with one attached hydrogen (secondary N) is 1. The second kappa shape index (κ2) is 10.1. The maximum absolute atomic E-state index is 12.8. The number of carbonyl (C=O) groups excluding carboxylic acids is 2. The van der Waals surface area contributed by atoms with E-state index in [1.165, 1.54) is 0 Å². The van der Waals surface area contributed by atoms with Gasteiger partial charge in [-0.2, -0.15) is 0 Å². The molecule has 3 aromatic rings. The first-order chi connectivity index (χ1) is 15.6. The van der Waals surface area contributed by atoms with Crippen LogP contribution in [0.1, 0.15) is 28.8 Å². The Labute approximate surface area is 189 Å². The molecule has 0 radical (unpaired) electrons. The number of nitrogens with zero attached hydrogens (tertiary/aromatic N) is 1. The molecule has 0 bridgehead atoms. The summed E-state index contributed by atoms with van der Waals surface area (Å²) in [5.41, 5.74) is 3.85. The van der Waals surface area contributed by atoms with Crippen molar-refractivity contribution >= 4 is 11.8 Å². The van der Waals surface area contributed by atoms with Crippen molar-refractivity contribution in [3.63, 3.8) is 0 Å². The third-order valence-electron chi connectivity index (χ3n) is 5.96. The fourth-order valence-electron chi connectivity index (χ4n) is 4.25. The van der Waals surface area contributed by atoms with E-state index in [1.54, 1.807) is 19.2 Å². The minimum absolute atomic E-state index is 0.00782. The average molecular weight is 429 g/mol. The molecule has 0 aromatic heterocycles. The molecular weight excluding hydrogens is 400 g/mol. The summed E-state index contributed by atoms with van der Waals surface area (Å²) in [6.07, 6.45) is 2.74. The van der Waals surface area contributed by atoms with Gasteiger partial charge in [0.15, 0.2) is 0 Å². The molecule has 1 aliphatic heterocycles. The van der Waals surface area contributed by atoms with Crippen LogP contribution in [-0.4, -0.2) is 43.0 Å². The molecule has 1 atom stereocenters. The quantitative estimate of drug-likeness (QED) is 0.610. The van der Waals surface area contributed by atoms with Gasteiger partial charge in [-0.15, -0.1) is 0 Å². The highest BCUT2D eigenvalue weighted by Crippen LogP contribution is 2.23. The van der Waals surface area contributed by atoms with E-state index in [9.17, 15) is 9.59 Å². The van der Waals surface area contributed by atoms with Crippen molar-refractivity contribution in [2.45, 2.75) is 25.3 Å². The Hall–Kier alpha value is -3.60. The molecule has 32 heavy (non-hydrogen) atoms. The maximum atomic E-state index is 12.8. The Bertz CT molecular complexity index is 1060. The SMILES string of the molecule is COc1cccc(CC2CCCN2C(=O)CNC(=O)c2ccc(-c3ccccc3)cc2)c1. The van der Waals surface area contributed by atoms with Crippen molar-refractivity contribution in [1.29, 1.82) is 0 Å². The number of rotatable bonds is 7. The number of methoxy groups -OCH3 is 1. The number of likely N-dealkylation sites (tertiary alicyclic amines) is 1. The first-order valence-electron chi connectivity index (χ1n) is 11.0. The highest BCUT2D eigenvalue weighted by Gasteiger charge is 2.28. The lowest BCUT2D eigenvalue weighted by Gasteiger charge is -2.25. The second-order valence-corrected chi connectivity index (χ2v) is 8.06. The average Bonchev–Trinajstić information content (AvgIpc) is 3.31. The summed E-state index contributed by atoms with van der Waals surface area (Å²) in [6.45, 7) is 0.739. The smallest absolute Gasteiger partial charge is 0.251 e. The van der Waals surface area contributed by atoms with Crippen LogP contribution < -0.4 is 10.1 Å². The Morgan fingerprint density at radius 2 is 1.72 bits per heavy atom. The summed E-state index contributed by atoms with van der Waals surface area (Å²) in [5, 5.41) is 2.79. The topological polar surface area (TPSA) is 58.6 Å². The minimum Gasteiger partial charge on any atom is -0.497 e. The van der Waals surface area contributed by atoms with Crippen molar-refractivity contribution in [2.24, 2.45) is 0 Å². The second-order valence-electron chi connectivity index (χ2n) is 8.06. The minimum atomic E-state index is -0.235. The van der Waals surface area contributed by atoms with E-state index in [4.69, 9.17) is 4.74 Å². The molecule has 1 heterocycles. The maximum Gasteiger partial charge on any atom is 0.251 e. The largest absolute Gasteiger partial charge is 0.497 e. The zero-order valence-corrected chi connectivity index (χ0v) is 18.3. The van der Waals surface area contributed by atoms with Crippen LogP contribution in [0.3, 0.4) is 0 Å². The highest BCUT2D eigenvalue weighted by atomic mass is 16.5. The monoisotopic (exact) mass is 428 g/mol. The van der Waals surface area contributed by atoms with Gasteiger partial charge in [0.1, 0.15) is 5.75 Å². The van der Waals surface area contributed by atoms with Gasteiger partial charge in [0.05, 0.1) is 13.7 Å². The first-order valence-corrected chi connectivity index (χ1v) is 11.0. The highest BCUT2D eigenvalue weighted by molar-refractivity contribution is 5.96. The van der Waals surface area contributed by atoms with Gasteiger partial charge >= 0.3 is 0 Å². The van der Waals surface area contributed by atoms with Crippen molar-refractivity contribution < 1.29 is 14.3 Å². The van der Waals surface area contributed by atoms with Crippen molar-refractivity contribution in [3.05, 3.63) is 90.0 Å². The number of hydrogen-bond acceptors (Lipinski definition) is 3. The Morgan fingerprint density at radius 3 is 2.47 bits per heavy atom. The summed E-state index contributed by atoms with van der Waals surface area (Å²) < 4.78 is 5.30. The van der Waals surface area contributed by atoms with Crippen LogP contribution >= 0.6 is 0 Å². The molecule has 0 aliphatic carbocycles. The molecule has 164 valence electrons. The normalized spacial score (nSPS) is 15.4. The summed E-state index contributed by atoms with van der Waals surface area (Å²) in [5.74, 6) is 0.551. The van der Waals surface area contributed by atoms with Crippen LogP contribution in [0, 0.1) is 0 Å². The van der Waals surface area contributed by atoms with Gasteiger partial charge < -0.3 is 15.0 Å². The van der Waals surface area contributed by atoms with E-state index in [0.29, 0.717) is 5.56 Å². The third-order valence-corrected chi connectivity index (χ3v) is 5.96. The number of ether oxygens (including phenoxy) is 1. The molecule has 1 saturated heterocycles. The Balaban J connectivity index is 1.32. The van der Waals surface area contributed by atoms with Crippen molar-refractivity contribution in [3.8, 4) is 16.9 Å². The first kappa shape index (κ1) is 21.6. The van der Waals surface area contributed by atoms with Gasteiger partial charge in [0.2, 0.25) is 5.91 Å². The molecule has 5 nitrogen and oxygen atoms in total. The molecular formula is C27H28N2O3. The lowest BCUT2D eigenvalue weighted by Crippen LogP contribution is -2.43. The molecule has 1 unspecified atom stereocenters. The Morgan fingerprint density at radius 1 is 0.969 bits per heavy atom. The van der Waals surface area contributed by atoms with Crippen molar-refractivity contribution in [2.75, 3.05) is 20.2 Å². The number of hydrogen-bond donors (Lipinski definition) is 1. The van der Waals surface area contributed by atoms with E-state index in [2.05, 4.69) is 11.4 Å². The summed E-state index contributed by atoms with van der Waals surface area (Å²) >= 11 is 0. The Kier molecular flexibility index (Phi) is 6.85. The van der Waals surface area contributed by atoms with Crippen LogP contribution in [-0.2, 0) is 11.2 Å². The standard InChI is InChI=1S/C27H28N2O3/c1-32-25-11-5-7-20(18-25)17-24-10-6-16-29(24)26(30)19-28-27(31)23-14-12-22(13-15-23)21-8-3-2-4-9-21/h2-5,7-9,11-15,18,24H,6,10,16-17,19H2,1H3,(H,28,31). The van der Waals surface area contributed by atoms with E-state index >= 15 is 0 Å². The molecule has 0 spiro atoms. The van der Waals surface area contributed by atoms with Crippen molar-refractivity contribution in [1.82, 2.24) is 10.2 Å². The van der Waals surface area contributed by atoms with Crippen LogP contribution in [0.25, 0.3) is 11.1 Å². The molecule has 1 N–H and O–H groups in total. The van der Waals surface area contributed by atoms with Gasteiger partial charge in [0.25, 0.3) is 5.91 Å². The summed E-state index contributed by atoms with van der Waals surface area (Å²) in [7, 11) is 1.66. The lowest BCUT2D eigenvalue weighted by molar-refractivity contribution is -0.130. The van der Waals surface area contributed by atoms with E-state index < -0.39 is 0 Å². The van der Waals surface area contributed by atoms with Gasteiger partial charge in [-0.1, -0.05) is 54.6 Å². The van der Waals surface area contributed by atoms with Gasteiger partial charge in [-0.3, -0.25) is 9.59 Å². The lowest BCUT2D eigenvalue weighted by atomic mass is 10.0. The van der Waals surface area contributed by atoms with E-state index in [-0.39, 0.29) is 24.4 Å². The van der Waals surface area contributed by atoms with E-state index in [0.717, 1.165) is 48.2 Å². The fraction of sp³-hybridized carbons (Fsp3) is 0.259. The zero-order chi connectivity index (χ0) is 22.3. The molecule has 4 rings (SSSR count). The molecule has 2 amide bonds. The summed E-state index contributed by atoms with van der Waals surface area (Å²) in [6, 6.07) is 25.6. The van der Waals surface area contributed by atoms with Gasteiger partial charge in [-0.05, 0) is 60.2 Å². The van der Waals surface area contributed by atoms with Crippen LogP contribution in [0.2, 0.25) is 0 Å². The molecule has 1 fully saturated rings. The predicted molar refractivity (Wildman–Crippen MR) is 126 cm³/mol.